The first-order chi connectivity index (χ1) is 11.6. The van der Waals surface area contributed by atoms with Crippen molar-refractivity contribution in [3.8, 4) is 11.1 Å². The van der Waals surface area contributed by atoms with Crippen LogP contribution in [0.1, 0.15) is 5.56 Å². The number of anilines is 1. The maximum absolute atomic E-state index is 12.3. The van der Waals surface area contributed by atoms with Crippen LogP contribution in [-0.4, -0.2) is 27.1 Å². The van der Waals surface area contributed by atoms with E-state index in [2.05, 4.69) is 20.5 Å². The molecule has 0 aliphatic carbocycles. The molecule has 5 N–H and O–H groups in total. The molecule has 0 bridgehead atoms. The van der Waals surface area contributed by atoms with E-state index in [1.54, 1.807) is 24.7 Å². The lowest BCUT2D eigenvalue weighted by molar-refractivity contribution is -0.117. The van der Waals surface area contributed by atoms with Gasteiger partial charge < -0.3 is 16.0 Å². The lowest BCUT2D eigenvalue weighted by atomic mass is 10.1. The minimum atomic E-state index is -0.746. The Morgan fingerprint density at radius 3 is 2.71 bits per heavy atom. The third kappa shape index (κ3) is 3.58. The summed E-state index contributed by atoms with van der Waals surface area (Å²) in [6, 6.07) is 10.3. The average molecular weight is 323 g/mol. The number of pyridine rings is 1. The lowest BCUT2D eigenvalue weighted by Gasteiger charge is -2.12. The van der Waals surface area contributed by atoms with E-state index < -0.39 is 11.9 Å². The molecule has 24 heavy (non-hydrogen) atoms. The second kappa shape index (κ2) is 6.93. The summed E-state index contributed by atoms with van der Waals surface area (Å²) in [4.78, 5) is 26.8. The molecule has 122 valence electrons. The molecule has 0 saturated carbocycles. The molecule has 2 aromatic heterocycles. The first-order valence-electron chi connectivity index (χ1n) is 7.46. The Morgan fingerprint density at radius 2 is 2.00 bits per heavy atom. The highest BCUT2D eigenvalue weighted by Crippen LogP contribution is 2.18. The predicted molar refractivity (Wildman–Crippen MR) is 91.4 cm³/mol. The number of nitrogens with zero attached hydrogens (tertiary/aromatic N) is 1. The fourth-order valence-corrected chi connectivity index (χ4v) is 2.34. The maximum atomic E-state index is 12.3. The molecule has 7 heteroatoms. The molecule has 3 aromatic rings. The van der Waals surface area contributed by atoms with Crippen LogP contribution < -0.4 is 16.6 Å². The topological polar surface area (TPSA) is 117 Å². The first kappa shape index (κ1) is 15.7. The standard InChI is InChI=1S/C17H17N5O2/c18-14(6-11-4-2-1-3-5-11)16(23)22-15-7-12(8-19-17(15)24)13-9-20-21-10-13/h1-5,7-10,14H,6,18H2,(H,19,24)(H,20,21)(H,22,23). The van der Waals surface area contributed by atoms with Gasteiger partial charge in [0.2, 0.25) is 5.91 Å². The zero-order valence-corrected chi connectivity index (χ0v) is 12.8. The van der Waals surface area contributed by atoms with Gasteiger partial charge in [0.05, 0.1) is 12.2 Å². The van der Waals surface area contributed by atoms with Crippen LogP contribution in [-0.2, 0) is 11.2 Å². The number of amides is 1. The van der Waals surface area contributed by atoms with Crippen molar-refractivity contribution in [1.29, 1.82) is 0 Å². The van der Waals surface area contributed by atoms with Crippen LogP contribution in [0.3, 0.4) is 0 Å². The van der Waals surface area contributed by atoms with Crippen molar-refractivity contribution in [2.24, 2.45) is 5.73 Å². The molecular formula is C17H17N5O2. The molecule has 7 nitrogen and oxygen atoms in total. The van der Waals surface area contributed by atoms with Gasteiger partial charge in [0, 0.05) is 23.5 Å². The lowest BCUT2D eigenvalue weighted by Crippen LogP contribution is -2.38. The number of hydrogen-bond acceptors (Lipinski definition) is 4. The zero-order chi connectivity index (χ0) is 16.9. The van der Waals surface area contributed by atoms with E-state index in [0.717, 1.165) is 16.7 Å². The van der Waals surface area contributed by atoms with Crippen molar-refractivity contribution in [2.45, 2.75) is 12.5 Å². The quantitative estimate of drug-likeness (QED) is 0.565. The Labute approximate surface area is 137 Å². The number of H-pyrrole nitrogens is 2. The monoisotopic (exact) mass is 323 g/mol. The number of carbonyl (C=O) groups excluding carboxylic acids is 1. The van der Waals surface area contributed by atoms with Crippen LogP contribution in [0.5, 0.6) is 0 Å². The fourth-order valence-electron chi connectivity index (χ4n) is 2.34. The summed E-state index contributed by atoms with van der Waals surface area (Å²) in [5, 5.41) is 9.16. The molecule has 0 spiro atoms. The highest BCUT2D eigenvalue weighted by Gasteiger charge is 2.16. The number of nitrogens with two attached hydrogens (primary N) is 1. The van der Waals surface area contributed by atoms with Gasteiger partial charge in [-0.05, 0) is 18.1 Å². The number of carbonyl (C=O) groups is 1. The van der Waals surface area contributed by atoms with Gasteiger partial charge in [-0.15, -0.1) is 0 Å². The van der Waals surface area contributed by atoms with E-state index in [1.165, 1.54) is 0 Å². The smallest absolute Gasteiger partial charge is 0.271 e. The number of hydrogen-bond donors (Lipinski definition) is 4. The molecule has 0 aliphatic rings. The summed E-state index contributed by atoms with van der Waals surface area (Å²) in [6.45, 7) is 0. The van der Waals surface area contributed by atoms with Crippen LogP contribution in [0.2, 0.25) is 0 Å². The van der Waals surface area contributed by atoms with Gasteiger partial charge >= 0.3 is 0 Å². The summed E-state index contributed by atoms with van der Waals surface area (Å²) in [6.07, 6.45) is 5.28. The molecule has 0 fully saturated rings. The molecule has 1 unspecified atom stereocenters. The molecule has 1 amide bonds. The minimum Gasteiger partial charge on any atom is -0.327 e. The molecule has 3 rings (SSSR count). The first-order valence-corrected chi connectivity index (χ1v) is 7.46. The van der Waals surface area contributed by atoms with Crippen LogP contribution in [0.4, 0.5) is 5.69 Å². The Bertz CT molecular complexity index is 872. The largest absolute Gasteiger partial charge is 0.327 e. The predicted octanol–water partition coefficient (Wildman–Crippen LogP) is 1.27. The third-order valence-electron chi connectivity index (χ3n) is 3.63. The SMILES string of the molecule is NC(Cc1ccccc1)C(=O)Nc1cc(-c2cn[nH]c2)c[nH]c1=O. The Balaban J connectivity index is 1.74. The molecule has 1 atom stereocenters. The summed E-state index contributed by atoms with van der Waals surface area (Å²) < 4.78 is 0. The van der Waals surface area contributed by atoms with Gasteiger partial charge in [0.15, 0.2) is 0 Å². The van der Waals surface area contributed by atoms with Crippen LogP contribution in [0, 0.1) is 0 Å². The van der Waals surface area contributed by atoms with Gasteiger partial charge in [-0.3, -0.25) is 14.7 Å². The van der Waals surface area contributed by atoms with Crippen LogP contribution in [0.15, 0.2) is 59.8 Å². The van der Waals surface area contributed by atoms with E-state index in [9.17, 15) is 9.59 Å². The number of nitrogens with one attached hydrogen (secondary N) is 3. The van der Waals surface area contributed by atoms with Crippen molar-refractivity contribution in [3.63, 3.8) is 0 Å². The van der Waals surface area contributed by atoms with Crippen molar-refractivity contribution in [2.75, 3.05) is 5.32 Å². The van der Waals surface area contributed by atoms with E-state index in [-0.39, 0.29) is 11.2 Å². The molecule has 0 saturated heterocycles. The highest BCUT2D eigenvalue weighted by molar-refractivity contribution is 5.95. The van der Waals surface area contributed by atoms with Crippen molar-refractivity contribution in [3.05, 3.63) is 70.9 Å². The van der Waals surface area contributed by atoms with E-state index in [0.29, 0.717) is 6.42 Å². The summed E-state index contributed by atoms with van der Waals surface area (Å²) in [7, 11) is 0. The van der Waals surface area contributed by atoms with Crippen LogP contribution in [0.25, 0.3) is 11.1 Å². The second-order valence-corrected chi connectivity index (χ2v) is 5.40. The number of aromatic amines is 2. The van der Waals surface area contributed by atoms with Crippen molar-refractivity contribution >= 4 is 11.6 Å². The molecule has 0 radical (unpaired) electrons. The number of rotatable bonds is 5. The fraction of sp³-hybridized carbons (Fsp3) is 0.118. The van der Waals surface area contributed by atoms with E-state index >= 15 is 0 Å². The van der Waals surface area contributed by atoms with Gasteiger partial charge in [-0.2, -0.15) is 5.10 Å². The van der Waals surface area contributed by atoms with Crippen LogP contribution >= 0.6 is 0 Å². The van der Waals surface area contributed by atoms with Gasteiger partial charge in [0.25, 0.3) is 5.56 Å². The second-order valence-electron chi connectivity index (χ2n) is 5.40. The third-order valence-corrected chi connectivity index (χ3v) is 3.63. The van der Waals surface area contributed by atoms with Crippen molar-refractivity contribution < 1.29 is 4.79 Å². The summed E-state index contributed by atoms with van der Waals surface area (Å²) in [5.74, 6) is -0.409. The van der Waals surface area contributed by atoms with Gasteiger partial charge in [0.1, 0.15) is 5.69 Å². The summed E-state index contributed by atoms with van der Waals surface area (Å²) in [5.41, 5.74) is 8.20. The highest BCUT2D eigenvalue weighted by atomic mass is 16.2. The molecule has 1 aromatic carbocycles. The number of benzene rings is 1. The molecule has 0 aliphatic heterocycles. The van der Waals surface area contributed by atoms with E-state index in [4.69, 9.17) is 5.73 Å². The number of aromatic nitrogens is 3. The maximum Gasteiger partial charge on any atom is 0.271 e. The Morgan fingerprint density at radius 1 is 1.21 bits per heavy atom. The Hall–Kier alpha value is -3.19. The van der Waals surface area contributed by atoms with Gasteiger partial charge in [-0.25, -0.2) is 0 Å². The average Bonchev–Trinajstić information content (AvgIpc) is 3.12. The van der Waals surface area contributed by atoms with Gasteiger partial charge in [-0.1, -0.05) is 30.3 Å². The normalized spacial score (nSPS) is 11.9. The molecule has 2 heterocycles. The van der Waals surface area contributed by atoms with Crippen molar-refractivity contribution in [1.82, 2.24) is 15.2 Å². The van der Waals surface area contributed by atoms with E-state index in [1.807, 2.05) is 30.3 Å². The minimum absolute atomic E-state index is 0.155. The zero-order valence-electron chi connectivity index (χ0n) is 12.8. The molecular weight excluding hydrogens is 306 g/mol. The Kier molecular flexibility index (Phi) is 4.53. The summed E-state index contributed by atoms with van der Waals surface area (Å²) >= 11 is 0.